The second kappa shape index (κ2) is 10.2. The lowest BCUT2D eigenvalue weighted by atomic mass is 9.87. The average molecular weight is 457 g/mol. The zero-order valence-corrected chi connectivity index (χ0v) is 19.3. The van der Waals surface area contributed by atoms with Crippen LogP contribution >= 0.6 is 0 Å². The maximum atomic E-state index is 12.5. The number of aliphatic carboxylic acids is 1. The molecule has 1 amide bonds. The van der Waals surface area contributed by atoms with Crippen molar-refractivity contribution in [2.75, 3.05) is 7.05 Å². The molecular formula is C24H32N4O5. The summed E-state index contributed by atoms with van der Waals surface area (Å²) in [6.45, 7) is 0.111. The second-order valence-electron chi connectivity index (χ2n) is 9.08. The number of imidazole rings is 1. The van der Waals surface area contributed by atoms with Crippen LogP contribution < -0.4 is 4.74 Å². The van der Waals surface area contributed by atoms with Crippen molar-refractivity contribution in [3.05, 3.63) is 30.4 Å². The van der Waals surface area contributed by atoms with Crippen LogP contribution in [0.4, 0.5) is 4.79 Å². The van der Waals surface area contributed by atoms with E-state index in [0.717, 1.165) is 44.2 Å². The molecule has 4 rings (SSSR count). The predicted molar refractivity (Wildman–Crippen MR) is 121 cm³/mol. The maximum Gasteiger partial charge on any atom is 0.410 e. The fourth-order valence-electron chi connectivity index (χ4n) is 4.77. The van der Waals surface area contributed by atoms with E-state index in [4.69, 9.17) is 9.47 Å². The minimum absolute atomic E-state index is 0.111. The van der Waals surface area contributed by atoms with E-state index in [2.05, 4.69) is 9.97 Å². The number of carbonyl (C=O) groups excluding carboxylic acids is 1. The highest BCUT2D eigenvalue weighted by atomic mass is 16.6. The molecule has 9 nitrogen and oxygen atoms in total. The SMILES string of the molecule is CN(C(=O)OCc1c(-c2ccc(O[C@H]3CCC[C@H](C(=O)O)C3)cn2)ncn1C)C1CCCC1. The van der Waals surface area contributed by atoms with E-state index in [-0.39, 0.29) is 30.8 Å². The summed E-state index contributed by atoms with van der Waals surface area (Å²) in [4.78, 5) is 34.4. The lowest BCUT2D eigenvalue weighted by Gasteiger charge is -2.27. The molecule has 2 aliphatic carbocycles. The molecule has 178 valence electrons. The molecule has 1 N–H and O–H groups in total. The minimum Gasteiger partial charge on any atom is -0.489 e. The minimum atomic E-state index is -0.755. The van der Waals surface area contributed by atoms with Gasteiger partial charge in [0.05, 0.1) is 35.9 Å². The van der Waals surface area contributed by atoms with Gasteiger partial charge in [0.2, 0.25) is 0 Å². The van der Waals surface area contributed by atoms with Crippen molar-refractivity contribution in [1.82, 2.24) is 19.4 Å². The van der Waals surface area contributed by atoms with Crippen LogP contribution in [0.1, 0.15) is 57.1 Å². The van der Waals surface area contributed by atoms with Gasteiger partial charge in [0.25, 0.3) is 0 Å². The molecule has 0 aliphatic heterocycles. The molecule has 0 bridgehead atoms. The third-order valence-corrected chi connectivity index (χ3v) is 6.81. The van der Waals surface area contributed by atoms with Crippen molar-refractivity contribution < 1.29 is 24.2 Å². The molecule has 2 aliphatic rings. The van der Waals surface area contributed by atoms with Gasteiger partial charge in [0.15, 0.2) is 0 Å². The van der Waals surface area contributed by atoms with Gasteiger partial charge < -0.3 is 24.0 Å². The van der Waals surface area contributed by atoms with Crippen LogP contribution in [-0.2, 0) is 23.2 Å². The molecule has 2 fully saturated rings. The number of nitrogens with zero attached hydrogens (tertiary/aromatic N) is 4. The van der Waals surface area contributed by atoms with Gasteiger partial charge in [-0.05, 0) is 50.7 Å². The maximum absolute atomic E-state index is 12.5. The number of carbonyl (C=O) groups is 2. The van der Waals surface area contributed by atoms with Crippen molar-refractivity contribution >= 4 is 12.1 Å². The standard InChI is InChI=1S/C24H32N4O5/c1-27-15-26-22(21(27)14-32-24(31)28(2)17-7-3-4-8-17)20-11-10-19(13-25-20)33-18-9-5-6-16(12-18)23(29)30/h10-11,13,15-18H,3-9,12,14H2,1-2H3,(H,29,30)/t16-,18-/m0/s1. The van der Waals surface area contributed by atoms with Crippen LogP contribution in [0.15, 0.2) is 24.7 Å². The van der Waals surface area contributed by atoms with E-state index in [1.54, 1.807) is 24.5 Å². The van der Waals surface area contributed by atoms with Gasteiger partial charge in [0, 0.05) is 20.1 Å². The van der Waals surface area contributed by atoms with Crippen LogP contribution in [0.3, 0.4) is 0 Å². The molecule has 9 heteroatoms. The number of carboxylic acids is 1. The molecule has 2 heterocycles. The molecule has 0 unspecified atom stereocenters. The fourth-order valence-corrected chi connectivity index (χ4v) is 4.77. The summed E-state index contributed by atoms with van der Waals surface area (Å²) in [6, 6.07) is 3.91. The highest BCUT2D eigenvalue weighted by molar-refractivity contribution is 5.70. The molecule has 0 radical (unpaired) electrons. The zero-order valence-electron chi connectivity index (χ0n) is 19.3. The Kier molecular flexibility index (Phi) is 7.15. The molecule has 0 aromatic carbocycles. The first-order valence-corrected chi connectivity index (χ1v) is 11.7. The predicted octanol–water partition coefficient (Wildman–Crippen LogP) is 4.02. The van der Waals surface area contributed by atoms with Gasteiger partial charge in [0.1, 0.15) is 18.1 Å². The molecule has 2 aromatic rings. The topological polar surface area (TPSA) is 107 Å². The van der Waals surface area contributed by atoms with Crippen LogP contribution in [0.5, 0.6) is 5.75 Å². The summed E-state index contributed by atoms with van der Waals surface area (Å²) in [6.07, 6.45) is 10.1. The number of pyridine rings is 1. The number of amides is 1. The van der Waals surface area contributed by atoms with E-state index >= 15 is 0 Å². The monoisotopic (exact) mass is 456 g/mol. The summed E-state index contributed by atoms with van der Waals surface area (Å²) in [5, 5.41) is 9.27. The van der Waals surface area contributed by atoms with Crippen LogP contribution in [0, 0.1) is 5.92 Å². The molecule has 2 aromatic heterocycles. The Balaban J connectivity index is 1.38. The Bertz CT molecular complexity index is 968. The van der Waals surface area contributed by atoms with Gasteiger partial charge in [-0.25, -0.2) is 9.78 Å². The van der Waals surface area contributed by atoms with Crippen LogP contribution in [-0.4, -0.2) is 55.8 Å². The number of aryl methyl sites for hydroxylation is 1. The number of hydrogen-bond acceptors (Lipinski definition) is 6. The lowest BCUT2D eigenvalue weighted by molar-refractivity contribution is -0.143. The molecule has 33 heavy (non-hydrogen) atoms. The first-order chi connectivity index (χ1) is 15.9. The van der Waals surface area contributed by atoms with Gasteiger partial charge in [-0.15, -0.1) is 0 Å². The molecule has 2 saturated carbocycles. The van der Waals surface area contributed by atoms with E-state index < -0.39 is 5.97 Å². The Morgan fingerprint density at radius 2 is 1.94 bits per heavy atom. The van der Waals surface area contributed by atoms with Crippen molar-refractivity contribution in [2.45, 2.75) is 70.1 Å². The zero-order chi connectivity index (χ0) is 23.4. The Morgan fingerprint density at radius 3 is 2.64 bits per heavy atom. The first kappa shape index (κ1) is 23.1. The summed E-state index contributed by atoms with van der Waals surface area (Å²) in [7, 11) is 3.66. The molecular weight excluding hydrogens is 424 g/mol. The number of carboxylic acid groups (broad SMARTS) is 1. The third kappa shape index (κ3) is 5.46. The van der Waals surface area contributed by atoms with Gasteiger partial charge in [-0.3, -0.25) is 9.78 Å². The Hall–Kier alpha value is -3.10. The Labute approximate surface area is 193 Å². The highest BCUT2D eigenvalue weighted by Gasteiger charge is 2.28. The molecule has 2 atom stereocenters. The van der Waals surface area contributed by atoms with Crippen LogP contribution in [0.25, 0.3) is 11.4 Å². The summed E-state index contributed by atoms with van der Waals surface area (Å²) >= 11 is 0. The number of ether oxygens (including phenoxy) is 2. The van der Waals surface area contributed by atoms with E-state index in [1.807, 2.05) is 23.7 Å². The van der Waals surface area contributed by atoms with Crippen molar-refractivity contribution in [2.24, 2.45) is 13.0 Å². The lowest BCUT2D eigenvalue weighted by Crippen LogP contribution is -2.35. The summed E-state index contributed by atoms with van der Waals surface area (Å²) in [5.41, 5.74) is 2.08. The molecule has 0 spiro atoms. The average Bonchev–Trinajstić information content (AvgIpc) is 3.48. The largest absolute Gasteiger partial charge is 0.489 e. The van der Waals surface area contributed by atoms with E-state index in [0.29, 0.717) is 30.0 Å². The van der Waals surface area contributed by atoms with Crippen LogP contribution in [0.2, 0.25) is 0 Å². The molecule has 0 saturated heterocycles. The first-order valence-electron chi connectivity index (χ1n) is 11.7. The number of hydrogen-bond donors (Lipinski definition) is 1. The number of aromatic nitrogens is 3. The van der Waals surface area contributed by atoms with E-state index in [9.17, 15) is 14.7 Å². The summed E-state index contributed by atoms with van der Waals surface area (Å²) < 4.78 is 13.4. The quantitative estimate of drug-likeness (QED) is 0.671. The van der Waals surface area contributed by atoms with Gasteiger partial charge in [-0.2, -0.15) is 0 Å². The fraction of sp³-hybridized carbons (Fsp3) is 0.583. The van der Waals surface area contributed by atoms with Gasteiger partial charge >= 0.3 is 12.1 Å². The Morgan fingerprint density at radius 1 is 1.15 bits per heavy atom. The van der Waals surface area contributed by atoms with Crippen molar-refractivity contribution in [1.29, 1.82) is 0 Å². The number of rotatable bonds is 7. The van der Waals surface area contributed by atoms with Gasteiger partial charge in [-0.1, -0.05) is 12.8 Å². The highest BCUT2D eigenvalue weighted by Crippen LogP contribution is 2.29. The second-order valence-corrected chi connectivity index (χ2v) is 9.08. The van der Waals surface area contributed by atoms with Crippen molar-refractivity contribution in [3.63, 3.8) is 0 Å². The third-order valence-electron chi connectivity index (χ3n) is 6.81. The normalized spacial score (nSPS) is 21.0. The van der Waals surface area contributed by atoms with E-state index in [1.165, 1.54) is 0 Å². The van der Waals surface area contributed by atoms with Crippen molar-refractivity contribution in [3.8, 4) is 17.1 Å². The smallest absolute Gasteiger partial charge is 0.410 e. The summed E-state index contributed by atoms with van der Waals surface area (Å²) in [5.74, 6) is -0.492.